The van der Waals surface area contributed by atoms with Crippen molar-refractivity contribution < 1.29 is 18.8 Å². The van der Waals surface area contributed by atoms with Crippen LogP contribution in [0.3, 0.4) is 0 Å². The zero-order valence-corrected chi connectivity index (χ0v) is 17.6. The van der Waals surface area contributed by atoms with E-state index >= 15 is 0 Å². The third-order valence-electron chi connectivity index (χ3n) is 4.54. The summed E-state index contributed by atoms with van der Waals surface area (Å²) in [5.41, 5.74) is 1.33. The highest BCUT2D eigenvalue weighted by atomic mass is 35.5. The van der Waals surface area contributed by atoms with Gasteiger partial charge < -0.3 is 20.0 Å². The molecule has 31 heavy (non-hydrogen) atoms. The highest BCUT2D eigenvalue weighted by Gasteiger charge is 2.27. The normalized spacial score (nSPS) is 11.4. The van der Waals surface area contributed by atoms with E-state index in [2.05, 4.69) is 10.6 Å². The third-order valence-corrected chi connectivity index (χ3v) is 4.87. The summed E-state index contributed by atoms with van der Waals surface area (Å²) in [6.45, 7) is -0.202. The SMILES string of the molecule is CN(CC(=O)Nc1ccccc1Cl)C(=O)C(Cc1ccccc1)NC(=O)c1ccco1. The van der Waals surface area contributed by atoms with Gasteiger partial charge in [0, 0.05) is 13.5 Å². The van der Waals surface area contributed by atoms with Crippen molar-refractivity contribution >= 4 is 35.0 Å². The van der Waals surface area contributed by atoms with Gasteiger partial charge in [0.05, 0.1) is 23.5 Å². The molecule has 3 amide bonds. The average Bonchev–Trinajstić information content (AvgIpc) is 3.30. The number of anilines is 1. The Kier molecular flexibility index (Phi) is 7.45. The topological polar surface area (TPSA) is 91.7 Å². The molecule has 0 aliphatic heterocycles. The van der Waals surface area contributed by atoms with Crippen molar-refractivity contribution in [1.29, 1.82) is 0 Å². The number of hydrogen-bond donors (Lipinski definition) is 2. The van der Waals surface area contributed by atoms with E-state index in [1.165, 1.54) is 24.3 Å². The van der Waals surface area contributed by atoms with E-state index in [4.69, 9.17) is 16.0 Å². The molecular formula is C23H22ClN3O4. The Morgan fingerprint density at radius 1 is 1.00 bits per heavy atom. The van der Waals surface area contributed by atoms with Gasteiger partial charge in [-0.05, 0) is 29.8 Å². The lowest BCUT2D eigenvalue weighted by Crippen LogP contribution is -2.50. The Morgan fingerprint density at radius 3 is 2.39 bits per heavy atom. The van der Waals surface area contributed by atoms with Crippen LogP contribution in [0, 0.1) is 0 Å². The number of nitrogens with one attached hydrogen (secondary N) is 2. The second kappa shape index (κ2) is 10.4. The third kappa shape index (κ3) is 6.20. The predicted octanol–water partition coefficient (Wildman–Crippen LogP) is 3.37. The molecule has 3 rings (SSSR count). The van der Waals surface area contributed by atoms with Crippen molar-refractivity contribution in [2.75, 3.05) is 18.9 Å². The molecule has 8 heteroatoms. The Balaban J connectivity index is 1.69. The zero-order chi connectivity index (χ0) is 22.2. The number of para-hydroxylation sites is 1. The molecule has 0 fully saturated rings. The van der Waals surface area contributed by atoms with Crippen LogP contribution in [0.5, 0.6) is 0 Å². The number of amides is 3. The molecule has 1 unspecified atom stereocenters. The molecule has 3 aromatic rings. The maximum atomic E-state index is 13.1. The highest BCUT2D eigenvalue weighted by molar-refractivity contribution is 6.33. The zero-order valence-electron chi connectivity index (χ0n) is 16.9. The van der Waals surface area contributed by atoms with Crippen LogP contribution >= 0.6 is 11.6 Å². The average molecular weight is 440 g/mol. The number of likely N-dealkylation sites (N-methyl/N-ethyl adjacent to an activating group) is 1. The largest absolute Gasteiger partial charge is 0.459 e. The fourth-order valence-electron chi connectivity index (χ4n) is 3.00. The summed E-state index contributed by atoms with van der Waals surface area (Å²) < 4.78 is 5.12. The molecule has 0 aliphatic rings. The van der Waals surface area contributed by atoms with Gasteiger partial charge in [-0.25, -0.2) is 0 Å². The minimum Gasteiger partial charge on any atom is -0.459 e. The van der Waals surface area contributed by atoms with E-state index in [1.807, 2.05) is 30.3 Å². The first kappa shape index (κ1) is 22.1. The van der Waals surface area contributed by atoms with Crippen LogP contribution in [0.15, 0.2) is 77.4 Å². The van der Waals surface area contributed by atoms with Crippen LogP contribution in [0.25, 0.3) is 0 Å². The molecule has 0 spiro atoms. The van der Waals surface area contributed by atoms with Crippen LogP contribution in [0.2, 0.25) is 5.02 Å². The molecule has 0 saturated heterocycles. The lowest BCUT2D eigenvalue weighted by molar-refractivity contribution is -0.135. The molecule has 1 aromatic heterocycles. The van der Waals surface area contributed by atoms with Crippen molar-refractivity contribution in [3.63, 3.8) is 0 Å². The van der Waals surface area contributed by atoms with Crippen molar-refractivity contribution in [3.8, 4) is 0 Å². The van der Waals surface area contributed by atoms with E-state index in [0.29, 0.717) is 10.7 Å². The van der Waals surface area contributed by atoms with Crippen LogP contribution < -0.4 is 10.6 Å². The number of nitrogens with zero attached hydrogens (tertiary/aromatic N) is 1. The molecule has 0 bridgehead atoms. The Morgan fingerprint density at radius 2 is 1.71 bits per heavy atom. The number of hydrogen-bond acceptors (Lipinski definition) is 4. The fourth-order valence-corrected chi connectivity index (χ4v) is 3.18. The van der Waals surface area contributed by atoms with E-state index in [0.717, 1.165) is 5.56 Å². The van der Waals surface area contributed by atoms with E-state index in [9.17, 15) is 14.4 Å². The minimum absolute atomic E-state index is 0.102. The lowest BCUT2D eigenvalue weighted by atomic mass is 10.0. The maximum absolute atomic E-state index is 13.1. The van der Waals surface area contributed by atoms with Crippen molar-refractivity contribution in [2.45, 2.75) is 12.5 Å². The minimum atomic E-state index is -0.877. The van der Waals surface area contributed by atoms with Crippen molar-refractivity contribution in [3.05, 3.63) is 89.3 Å². The van der Waals surface area contributed by atoms with Gasteiger partial charge in [-0.1, -0.05) is 54.1 Å². The molecule has 7 nitrogen and oxygen atoms in total. The first-order valence-electron chi connectivity index (χ1n) is 9.61. The molecule has 0 saturated carbocycles. The van der Waals surface area contributed by atoms with Crippen LogP contribution in [-0.4, -0.2) is 42.3 Å². The van der Waals surface area contributed by atoms with Crippen LogP contribution in [0.1, 0.15) is 16.1 Å². The van der Waals surface area contributed by atoms with Gasteiger partial charge in [-0.15, -0.1) is 0 Å². The number of rotatable bonds is 8. The summed E-state index contributed by atoms with van der Waals surface area (Å²) >= 11 is 6.06. The number of benzene rings is 2. The first-order valence-corrected chi connectivity index (χ1v) is 9.99. The molecule has 0 radical (unpaired) electrons. The number of carbonyl (C=O) groups excluding carboxylic acids is 3. The Labute approximate surface area is 185 Å². The molecule has 1 atom stereocenters. The molecule has 0 aliphatic carbocycles. The van der Waals surface area contributed by atoms with Crippen LogP contribution in [0.4, 0.5) is 5.69 Å². The molecule has 160 valence electrons. The Hall–Kier alpha value is -3.58. The predicted molar refractivity (Wildman–Crippen MR) is 118 cm³/mol. The number of carbonyl (C=O) groups is 3. The number of furan rings is 1. The van der Waals surface area contributed by atoms with Gasteiger partial charge in [0.25, 0.3) is 5.91 Å². The smallest absolute Gasteiger partial charge is 0.287 e. The highest BCUT2D eigenvalue weighted by Crippen LogP contribution is 2.20. The molecule has 2 N–H and O–H groups in total. The van der Waals surface area contributed by atoms with Gasteiger partial charge in [0.2, 0.25) is 11.8 Å². The summed E-state index contributed by atoms with van der Waals surface area (Å²) in [4.78, 5) is 39.2. The van der Waals surface area contributed by atoms with Crippen molar-refractivity contribution in [1.82, 2.24) is 10.2 Å². The van der Waals surface area contributed by atoms with E-state index in [-0.39, 0.29) is 18.7 Å². The summed E-state index contributed by atoms with van der Waals surface area (Å²) in [6, 6.07) is 18.4. The Bertz CT molecular complexity index is 1040. The van der Waals surface area contributed by atoms with Gasteiger partial charge in [-0.3, -0.25) is 14.4 Å². The summed E-state index contributed by atoms with van der Waals surface area (Å²) in [7, 11) is 1.51. The van der Waals surface area contributed by atoms with Gasteiger partial charge in [0.15, 0.2) is 5.76 Å². The van der Waals surface area contributed by atoms with E-state index in [1.54, 1.807) is 30.3 Å². The summed E-state index contributed by atoms with van der Waals surface area (Å²) in [6.07, 6.45) is 1.65. The fraction of sp³-hybridized carbons (Fsp3) is 0.174. The van der Waals surface area contributed by atoms with Crippen molar-refractivity contribution in [2.24, 2.45) is 0 Å². The summed E-state index contributed by atoms with van der Waals surface area (Å²) in [5, 5.41) is 5.79. The second-order valence-electron chi connectivity index (χ2n) is 6.92. The molecular weight excluding hydrogens is 418 g/mol. The van der Waals surface area contributed by atoms with Crippen LogP contribution in [-0.2, 0) is 16.0 Å². The first-order chi connectivity index (χ1) is 14.9. The molecule has 2 aromatic carbocycles. The quantitative estimate of drug-likeness (QED) is 0.563. The second-order valence-corrected chi connectivity index (χ2v) is 7.32. The van der Waals surface area contributed by atoms with E-state index < -0.39 is 23.8 Å². The van der Waals surface area contributed by atoms with Gasteiger partial charge in [-0.2, -0.15) is 0 Å². The standard InChI is InChI=1S/C23H22ClN3O4/c1-27(15-21(28)25-18-11-6-5-10-17(18)24)23(30)19(14-16-8-3-2-4-9-16)26-22(29)20-12-7-13-31-20/h2-13,19H,14-15H2,1H3,(H,25,28)(H,26,29). The lowest BCUT2D eigenvalue weighted by Gasteiger charge is -2.24. The maximum Gasteiger partial charge on any atom is 0.287 e. The van der Waals surface area contributed by atoms with Gasteiger partial charge >= 0.3 is 0 Å². The van der Waals surface area contributed by atoms with Gasteiger partial charge in [0.1, 0.15) is 6.04 Å². The monoisotopic (exact) mass is 439 g/mol. The summed E-state index contributed by atoms with van der Waals surface area (Å²) in [5.74, 6) is -1.21. The molecule has 1 heterocycles. The number of halogens is 1.